The fourth-order valence-corrected chi connectivity index (χ4v) is 1.42. The largest absolute Gasteiger partial charge is 0.467 e. The molecular weight excluding hydrogens is 188 g/mol. The molecule has 0 aromatic carbocycles. The Hall–Kier alpha value is -0.390. The topological polar surface area (TPSA) is 42.5 Å². The highest BCUT2D eigenvalue weighted by atomic mass is 32.1. The molecule has 76 valence electrons. The molecule has 0 aromatic rings. The molecule has 0 spiro atoms. The van der Waals surface area contributed by atoms with Crippen molar-refractivity contribution in [3.63, 3.8) is 0 Å². The lowest BCUT2D eigenvalue weighted by atomic mass is 10.1. The monoisotopic (exact) mass is 204 g/mol. The second-order valence-electron chi connectivity index (χ2n) is 2.96. The summed E-state index contributed by atoms with van der Waals surface area (Å²) < 4.78 is 10.7. The number of hydrogen-bond acceptors (Lipinski definition) is 4. The van der Waals surface area contributed by atoms with Crippen molar-refractivity contribution in [2.75, 3.05) is 20.3 Å². The van der Waals surface area contributed by atoms with Gasteiger partial charge in [0.05, 0.1) is 6.10 Å². The lowest BCUT2D eigenvalue weighted by molar-refractivity contribution is -0.0142. The van der Waals surface area contributed by atoms with Gasteiger partial charge in [-0.2, -0.15) is 0 Å². The predicted octanol–water partition coefficient (Wildman–Crippen LogP) is 0.581. The molecule has 1 atom stereocenters. The van der Waals surface area contributed by atoms with Gasteiger partial charge < -0.3 is 9.47 Å². The van der Waals surface area contributed by atoms with Gasteiger partial charge in [-0.15, -0.1) is 0 Å². The first-order valence-corrected chi connectivity index (χ1v) is 4.95. The van der Waals surface area contributed by atoms with Gasteiger partial charge >= 0.3 is 0 Å². The molecule has 4 nitrogen and oxygen atoms in total. The van der Waals surface area contributed by atoms with E-state index in [1.807, 2.05) is 0 Å². The molecule has 1 heterocycles. The molecule has 0 aromatic heterocycles. The first kappa shape index (κ1) is 10.7. The smallest absolute Gasteiger partial charge is 0.271 e. The summed E-state index contributed by atoms with van der Waals surface area (Å²) in [5.74, 6) is 0. The van der Waals surface area contributed by atoms with Crippen molar-refractivity contribution in [1.29, 1.82) is 0 Å². The van der Waals surface area contributed by atoms with Crippen LogP contribution in [0.15, 0.2) is 0 Å². The summed E-state index contributed by atoms with van der Waals surface area (Å²) in [7, 11) is 1.74. The van der Waals surface area contributed by atoms with E-state index in [1.165, 1.54) is 6.42 Å². The third-order valence-corrected chi connectivity index (χ3v) is 2.12. The van der Waals surface area contributed by atoms with Crippen molar-refractivity contribution >= 4 is 17.4 Å². The second-order valence-corrected chi connectivity index (χ2v) is 3.33. The Bertz CT molecular complexity index is 160. The van der Waals surface area contributed by atoms with Crippen LogP contribution >= 0.6 is 12.2 Å². The maximum Gasteiger partial charge on any atom is 0.271 e. The van der Waals surface area contributed by atoms with Gasteiger partial charge in [-0.3, -0.25) is 5.43 Å². The fourth-order valence-electron chi connectivity index (χ4n) is 1.25. The summed E-state index contributed by atoms with van der Waals surface area (Å²) in [6.07, 6.45) is 3.67. The van der Waals surface area contributed by atoms with E-state index < -0.39 is 0 Å². The van der Waals surface area contributed by atoms with E-state index in [0.29, 0.717) is 11.8 Å². The molecule has 1 aliphatic heterocycles. The third kappa shape index (κ3) is 4.40. The van der Waals surface area contributed by atoms with Crippen LogP contribution < -0.4 is 10.9 Å². The van der Waals surface area contributed by atoms with E-state index in [1.54, 1.807) is 7.05 Å². The van der Waals surface area contributed by atoms with E-state index in [-0.39, 0.29) is 6.10 Å². The Morgan fingerprint density at radius 2 is 2.46 bits per heavy atom. The van der Waals surface area contributed by atoms with Crippen molar-refractivity contribution in [3.05, 3.63) is 0 Å². The van der Waals surface area contributed by atoms with Gasteiger partial charge in [0.15, 0.2) is 0 Å². The van der Waals surface area contributed by atoms with Crippen molar-refractivity contribution in [1.82, 2.24) is 10.9 Å². The molecule has 5 heteroatoms. The Kier molecular flexibility index (Phi) is 5.03. The van der Waals surface area contributed by atoms with Gasteiger partial charge in [0, 0.05) is 13.7 Å². The fraction of sp³-hybridized carbons (Fsp3) is 0.875. The van der Waals surface area contributed by atoms with Gasteiger partial charge in [0.1, 0.15) is 6.61 Å². The van der Waals surface area contributed by atoms with E-state index in [2.05, 4.69) is 10.9 Å². The average molecular weight is 204 g/mol. The molecule has 1 rings (SSSR count). The van der Waals surface area contributed by atoms with Crippen LogP contribution in [0.1, 0.15) is 19.3 Å². The van der Waals surface area contributed by atoms with Crippen molar-refractivity contribution in [2.45, 2.75) is 25.4 Å². The lowest BCUT2D eigenvalue weighted by Gasteiger charge is -2.22. The summed E-state index contributed by atoms with van der Waals surface area (Å²) in [4.78, 5) is 0. The van der Waals surface area contributed by atoms with Gasteiger partial charge in [-0.1, -0.05) is 0 Å². The zero-order chi connectivity index (χ0) is 9.52. The molecule has 0 radical (unpaired) electrons. The minimum Gasteiger partial charge on any atom is -0.467 e. The molecule has 1 aliphatic rings. The van der Waals surface area contributed by atoms with Crippen LogP contribution in [0.2, 0.25) is 0 Å². The lowest BCUT2D eigenvalue weighted by Crippen LogP contribution is -2.36. The maximum absolute atomic E-state index is 5.47. The second kappa shape index (κ2) is 6.12. The summed E-state index contributed by atoms with van der Waals surface area (Å²) in [5.41, 5.74) is 5.39. The number of thiocarbonyl (C=S) groups is 1. The molecule has 1 saturated heterocycles. The van der Waals surface area contributed by atoms with E-state index >= 15 is 0 Å². The maximum atomic E-state index is 5.47. The van der Waals surface area contributed by atoms with Crippen LogP contribution in [0.4, 0.5) is 0 Å². The Morgan fingerprint density at radius 3 is 3.08 bits per heavy atom. The highest BCUT2D eigenvalue weighted by Crippen LogP contribution is 2.12. The highest BCUT2D eigenvalue weighted by molar-refractivity contribution is 7.80. The quantitative estimate of drug-likeness (QED) is 0.520. The Labute approximate surface area is 83.9 Å². The Balaban J connectivity index is 2.06. The minimum absolute atomic E-state index is 0.213. The van der Waals surface area contributed by atoms with Gasteiger partial charge in [-0.05, 0) is 31.5 Å². The van der Waals surface area contributed by atoms with Gasteiger partial charge in [0.25, 0.3) is 5.17 Å². The van der Waals surface area contributed by atoms with Crippen LogP contribution in [-0.4, -0.2) is 31.5 Å². The molecule has 2 N–H and O–H groups in total. The molecule has 0 saturated carbocycles. The molecule has 13 heavy (non-hydrogen) atoms. The van der Waals surface area contributed by atoms with E-state index in [4.69, 9.17) is 21.7 Å². The molecule has 0 bridgehead atoms. The number of hydrazine groups is 1. The van der Waals surface area contributed by atoms with Gasteiger partial charge in [0.2, 0.25) is 0 Å². The molecule has 0 aliphatic carbocycles. The van der Waals surface area contributed by atoms with Crippen molar-refractivity contribution in [2.24, 2.45) is 0 Å². The number of nitrogens with one attached hydrogen (secondary N) is 2. The van der Waals surface area contributed by atoms with E-state index in [9.17, 15) is 0 Å². The SMILES string of the molecule is CNNC(=S)OCC1CCCCO1. The van der Waals surface area contributed by atoms with Gasteiger partial charge in [-0.25, -0.2) is 5.43 Å². The van der Waals surface area contributed by atoms with Crippen molar-refractivity contribution in [3.8, 4) is 0 Å². The standard InChI is InChI=1S/C8H16N2O2S/c1-9-10-8(13)12-6-7-4-2-3-5-11-7/h7,9H,2-6H2,1H3,(H,10,13). The molecule has 0 amide bonds. The predicted molar refractivity (Wildman–Crippen MR) is 54.3 cm³/mol. The first-order valence-electron chi connectivity index (χ1n) is 4.54. The third-order valence-electron chi connectivity index (χ3n) is 1.90. The highest BCUT2D eigenvalue weighted by Gasteiger charge is 2.14. The zero-order valence-corrected chi connectivity index (χ0v) is 8.65. The first-order chi connectivity index (χ1) is 6.33. The van der Waals surface area contributed by atoms with Crippen LogP contribution in [0.5, 0.6) is 0 Å². The summed E-state index contributed by atoms with van der Waals surface area (Å²) >= 11 is 4.87. The summed E-state index contributed by atoms with van der Waals surface area (Å²) in [5, 5.41) is 0.372. The minimum atomic E-state index is 0.213. The summed E-state index contributed by atoms with van der Waals surface area (Å²) in [6, 6.07) is 0. The Morgan fingerprint density at radius 1 is 1.62 bits per heavy atom. The van der Waals surface area contributed by atoms with Crippen LogP contribution in [0.3, 0.4) is 0 Å². The van der Waals surface area contributed by atoms with E-state index in [0.717, 1.165) is 19.4 Å². The number of ether oxygens (including phenoxy) is 2. The number of hydrogen-bond donors (Lipinski definition) is 2. The van der Waals surface area contributed by atoms with Crippen LogP contribution in [-0.2, 0) is 9.47 Å². The molecule has 1 unspecified atom stereocenters. The zero-order valence-electron chi connectivity index (χ0n) is 7.84. The summed E-state index contributed by atoms with van der Waals surface area (Å²) in [6.45, 7) is 1.40. The average Bonchev–Trinajstić information content (AvgIpc) is 2.17. The molecule has 1 fully saturated rings. The molecular formula is C8H16N2O2S. The number of rotatable bonds is 3. The van der Waals surface area contributed by atoms with Crippen LogP contribution in [0.25, 0.3) is 0 Å². The van der Waals surface area contributed by atoms with Crippen molar-refractivity contribution < 1.29 is 9.47 Å². The normalized spacial score (nSPS) is 22.4. The van der Waals surface area contributed by atoms with Crippen LogP contribution in [0, 0.1) is 0 Å².